The van der Waals surface area contributed by atoms with Gasteiger partial charge in [0.2, 0.25) is 0 Å². The Balaban J connectivity index is 5.15. The number of aliphatic hydroxyl groups excluding tert-OH is 1. The van der Waals surface area contributed by atoms with Gasteiger partial charge in [-0.15, -0.1) is 0 Å². The van der Waals surface area contributed by atoms with E-state index in [0.717, 1.165) is 122 Å². The number of aliphatic carboxylic acids is 2. The highest BCUT2D eigenvalue weighted by atomic mass is 16.4. The van der Waals surface area contributed by atoms with Crippen LogP contribution in [0.15, 0.2) is 22.3 Å². The van der Waals surface area contributed by atoms with Gasteiger partial charge in [-0.3, -0.25) is 0 Å². The lowest BCUT2D eigenvalue weighted by Gasteiger charge is -2.22. The maximum absolute atomic E-state index is 12.4. The van der Waals surface area contributed by atoms with Crippen LogP contribution in [0.5, 0.6) is 0 Å². The Kier molecular flexibility index (Phi) is 38.4. The maximum atomic E-state index is 12.4. The van der Waals surface area contributed by atoms with E-state index in [1.807, 2.05) is 0 Å². The number of nitrogens with zero attached hydrogens (tertiary/aromatic N) is 1. The first-order valence-electron chi connectivity index (χ1n) is 23.6. The van der Waals surface area contributed by atoms with Gasteiger partial charge in [-0.2, -0.15) is 0 Å². The summed E-state index contributed by atoms with van der Waals surface area (Å²) < 4.78 is 0. The van der Waals surface area contributed by atoms with E-state index in [-0.39, 0.29) is 6.61 Å². The van der Waals surface area contributed by atoms with Crippen molar-refractivity contribution in [1.29, 1.82) is 0 Å². The largest absolute Gasteiger partial charge is 0.478 e. The van der Waals surface area contributed by atoms with Gasteiger partial charge in [0.05, 0.1) is 0 Å². The normalized spacial score (nSPS) is 12.7. The van der Waals surface area contributed by atoms with Gasteiger partial charge in [0.15, 0.2) is 0 Å². The molecule has 0 aromatic carbocycles. The van der Waals surface area contributed by atoms with E-state index < -0.39 is 11.9 Å². The molecule has 0 heterocycles. The minimum Gasteiger partial charge on any atom is -0.478 e. The zero-order valence-electron chi connectivity index (χ0n) is 36.5. The molecule has 0 rings (SSSR count). The standard InChI is InChI=1S/C48H91NO5/c1-5-9-13-17-19-25-35-43(33-23-15-11-7-3)45(47(51)52)37-27-21-29-39-49(41-31-32-42-50)40-30-22-28-38-46(48(53)54)44(34-24-16-12-8-4)36-26-20-18-14-10-6-2/h50H,5-42H2,1-4H3,(H,51,52)(H,53,54)/b45-43+,46-44+. The predicted molar refractivity (Wildman–Crippen MR) is 233 cm³/mol. The molecular weight excluding hydrogens is 671 g/mol. The number of carboxylic acid groups (broad SMARTS) is 2. The molecule has 0 aliphatic carbocycles. The van der Waals surface area contributed by atoms with Gasteiger partial charge < -0.3 is 20.2 Å². The number of aliphatic hydroxyl groups is 1. The molecule has 0 saturated heterocycles. The molecule has 0 atom stereocenters. The summed E-state index contributed by atoms with van der Waals surface area (Å²) in [6.45, 7) is 12.1. The van der Waals surface area contributed by atoms with E-state index >= 15 is 0 Å². The summed E-state index contributed by atoms with van der Waals surface area (Å²) in [4.78, 5) is 27.4. The van der Waals surface area contributed by atoms with Crippen molar-refractivity contribution in [3.05, 3.63) is 22.3 Å². The van der Waals surface area contributed by atoms with Gasteiger partial charge >= 0.3 is 11.9 Å². The fraction of sp³-hybridized carbons (Fsp3) is 0.875. The van der Waals surface area contributed by atoms with Gasteiger partial charge in [0.1, 0.15) is 0 Å². The second kappa shape index (κ2) is 39.6. The Labute approximate surface area is 335 Å². The molecule has 318 valence electrons. The number of allylic oxidation sites excluding steroid dienone is 2. The first-order chi connectivity index (χ1) is 26.4. The van der Waals surface area contributed by atoms with Crippen LogP contribution in [0.4, 0.5) is 0 Å². The highest BCUT2D eigenvalue weighted by Gasteiger charge is 2.16. The van der Waals surface area contributed by atoms with Crippen LogP contribution in [-0.2, 0) is 9.59 Å². The minimum absolute atomic E-state index is 0.224. The third kappa shape index (κ3) is 30.5. The SMILES string of the molecule is CCCCCCCC/C(CCCCCC)=C(\CCCCCN(CCCCO)CCCCC/C(C(=O)O)=C(/CCCCCC)CCCCCCCC)C(=O)O. The molecule has 0 bridgehead atoms. The van der Waals surface area contributed by atoms with Crippen LogP contribution in [0.25, 0.3) is 0 Å². The van der Waals surface area contributed by atoms with Crippen LogP contribution in [-0.4, -0.2) is 58.4 Å². The Morgan fingerprint density at radius 3 is 0.926 bits per heavy atom. The van der Waals surface area contributed by atoms with E-state index in [1.165, 1.54) is 114 Å². The molecule has 0 aromatic heterocycles. The highest BCUT2D eigenvalue weighted by molar-refractivity contribution is 5.88. The molecule has 6 heteroatoms. The maximum Gasteiger partial charge on any atom is 0.331 e. The Hall–Kier alpha value is -1.66. The van der Waals surface area contributed by atoms with E-state index in [1.54, 1.807) is 0 Å². The molecule has 0 saturated carbocycles. The van der Waals surface area contributed by atoms with E-state index in [4.69, 9.17) is 0 Å². The van der Waals surface area contributed by atoms with Gasteiger partial charge in [-0.25, -0.2) is 9.59 Å². The monoisotopic (exact) mass is 762 g/mol. The number of unbranched alkanes of at least 4 members (excludes halogenated alkanes) is 21. The number of hydrogen-bond acceptors (Lipinski definition) is 4. The average molecular weight is 762 g/mol. The van der Waals surface area contributed by atoms with Gasteiger partial charge in [0.25, 0.3) is 0 Å². The summed E-state index contributed by atoms with van der Waals surface area (Å²) >= 11 is 0. The molecule has 0 spiro atoms. The molecule has 6 nitrogen and oxygen atoms in total. The lowest BCUT2D eigenvalue weighted by atomic mass is 9.92. The number of rotatable bonds is 42. The number of carbonyl (C=O) groups is 2. The summed E-state index contributed by atoms with van der Waals surface area (Å²) in [5.41, 5.74) is 3.83. The van der Waals surface area contributed by atoms with Gasteiger partial charge in [0, 0.05) is 17.8 Å². The Morgan fingerprint density at radius 1 is 0.352 bits per heavy atom. The van der Waals surface area contributed by atoms with Crippen LogP contribution in [0.1, 0.15) is 246 Å². The molecular formula is C48H91NO5. The zero-order chi connectivity index (χ0) is 39.9. The smallest absolute Gasteiger partial charge is 0.331 e. The Bertz CT molecular complexity index is 871. The average Bonchev–Trinajstić information content (AvgIpc) is 3.15. The molecule has 0 aliphatic rings. The number of hydrogen-bond donors (Lipinski definition) is 3. The third-order valence-corrected chi connectivity index (χ3v) is 11.4. The molecule has 0 fully saturated rings. The van der Waals surface area contributed by atoms with Crippen molar-refractivity contribution in [3.8, 4) is 0 Å². The second-order valence-corrected chi connectivity index (χ2v) is 16.3. The molecule has 0 aliphatic heterocycles. The quantitative estimate of drug-likeness (QED) is 0.0423. The first kappa shape index (κ1) is 52.3. The summed E-state index contributed by atoms with van der Waals surface area (Å²) in [6, 6.07) is 0. The van der Waals surface area contributed by atoms with Crippen LogP contribution >= 0.6 is 0 Å². The molecule has 0 radical (unpaired) electrons. The van der Waals surface area contributed by atoms with Crippen LogP contribution in [0.3, 0.4) is 0 Å². The van der Waals surface area contributed by atoms with Crippen LogP contribution in [0, 0.1) is 0 Å². The summed E-state index contributed by atoms with van der Waals surface area (Å²) in [5.74, 6) is -1.41. The zero-order valence-corrected chi connectivity index (χ0v) is 36.5. The fourth-order valence-corrected chi connectivity index (χ4v) is 7.90. The third-order valence-electron chi connectivity index (χ3n) is 11.4. The summed E-state index contributed by atoms with van der Waals surface area (Å²) in [5, 5.41) is 29.9. The molecule has 0 aromatic rings. The van der Waals surface area contributed by atoms with Crippen molar-refractivity contribution in [1.82, 2.24) is 4.90 Å². The molecule has 54 heavy (non-hydrogen) atoms. The van der Waals surface area contributed by atoms with Gasteiger partial charge in [-0.05, 0) is 122 Å². The van der Waals surface area contributed by atoms with E-state index in [0.29, 0.717) is 24.0 Å². The van der Waals surface area contributed by atoms with Crippen molar-refractivity contribution >= 4 is 11.9 Å². The van der Waals surface area contributed by atoms with Crippen molar-refractivity contribution in [2.75, 3.05) is 26.2 Å². The van der Waals surface area contributed by atoms with Crippen molar-refractivity contribution in [2.45, 2.75) is 246 Å². The molecule has 0 amide bonds. The van der Waals surface area contributed by atoms with Crippen LogP contribution < -0.4 is 0 Å². The molecule has 0 unspecified atom stereocenters. The molecule has 3 N–H and O–H groups in total. The second-order valence-electron chi connectivity index (χ2n) is 16.3. The summed E-state index contributed by atoms with van der Waals surface area (Å²) in [6.07, 6.45) is 37.2. The van der Waals surface area contributed by atoms with Crippen molar-refractivity contribution in [3.63, 3.8) is 0 Å². The van der Waals surface area contributed by atoms with Gasteiger partial charge in [-0.1, -0.05) is 154 Å². The number of carboxylic acids is 2. The lowest BCUT2D eigenvalue weighted by molar-refractivity contribution is -0.133. The fourth-order valence-electron chi connectivity index (χ4n) is 7.90. The van der Waals surface area contributed by atoms with Crippen LogP contribution in [0.2, 0.25) is 0 Å². The lowest BCUT2D eigenvalue weighted by Crippen LogP contribution is -2.27. The highest BCUT2D eigenvalue weighted by Crippen LogP contribution is 2.27. The topological polar surface area (TPSA) is 98.1 Å². The first-order valence-corrected chi connectivity index (χ1v) is 23.6. The summed E-state index contributed by atoms with van der Waals surface area (Å²) in [7, 11) is 0. The van der Waals surface area contributed by atoms with Crippen molar-refractivity contribution < 1.29 is 24.9 Å². The predicted octanol–water partition coefficient (Wildman–Crippen LogP) is 14.4. The Morgan fingerprint density at radius 2 is 0.611 bits per heavy atom. The van der Waals surface area contributed by atoms with E-state index in [2.05, 4.69) is 32.6 Å². The minimum atomic E-state index is -0.705. The van der Waals surface area contributed by atoms with E-state index in [9.17, 15) is 24.9 Å². The van der Waals surface area contributed by atoms with Crippen molar-refractivity contribution in [2.24, 2.45) is 0 Å².